The van der Waals surface area contributed by atoms with Crippen LogP contribution in [-0.2, 0) is 11.2 Å². The number of rotatable bonds is 0. The normalized spacial score (nSPS) is 26.1. The monoisotopic (exact) mass is 342 g/mol. The first-order valence-electron chi connectivity index (χ1n) is 7.93. The van der Waals surface area contributed by atoms with E-state index in [9.17, 15) is 25.2 Å². The molecule has 0 aromatic heterocycles. The Bertz CT molecular complexity index is 991. The van der Waals surface area contributed by atoms with Gasteiger partial charge in [0, 0.05) is 23.8 Å². The molecule has 2 heterocycles. The lowest BCUT2D eigenvalue weighted by Gasteiger charge is -2.23. The van der Waals surface area contributed by atoms with E-state index in [0.29, 0.717) is 11.3 Å². The van der Waals surface area contributed by atoms with Gasteiger partial charge in [-0.25, -0.2) is 0 Å². The van der Waals surface area contributed by atoms with E-state index < -0.39 is 18.2 Å². The van der Waals surface area contributed by atoms with Gasteiger partial charge in [0.25, 0.3) is 6.29 Å². The van der Waals surface area contributed by atoms with Crippen LogP contribution in [0, 0.1) is 0 Å². The molecule has 128 valence electrons. The van der Waals surface area contributed by atoms with Crippen molar-refractivity contribution in [1.82, 2.24) is 0 Å². The fourth-order valence-corrected chi connectivity index (χ4v) is 4.02. The van der Waals surface area contributed by atoms with Crippen LogP contribution in [0.3, 0.4) is 0 Å². The number of Topliss-reactive ketones (excluding diaryl/α,β-unsaturated/α-hetero) is 1. The summed E-state index contributed by atoms with van der Waals surface area (Å²) in [7, 11) is 0. The number of aliphatic hydroxyl groups is 1. The van der Waals surface area contributed by atoms with Gasteiger partial charge in [-0.3, -0.25) is 4.79 Å². The summed E-state index contributed by atoms with van der Waals surface area (Å²) in [5, 5.41) is 42.0. The van der Waals surface area contributed by atoms with Crippen molar-refractivity contribution in [3.63, 3.8) is 0 Å². The average Bonchev–Trinajstić information content (AvgIpc) is 3.11. The molecular weight excluding hydrogens is 328 g/mol. The summed E-state index contributed by atoms with van der Waals surface area (Å²) in [4.78, 5) is 12.3. The number of aliphatic hydroxyl groups excluding tert-OH is 1. The molecule has 0 fully saturated rings. The van der Waals surface area contributed by atoms with Gasteiger partial charge in [0.1, 0.15) is 23.0 Å². The third-order valence-corrected chi connectivity index (χ3v) is 5.13. The van der Waals surface area contributed by atoms with Crippen LogP contribution in [0.5, 0.6) is 23.0 Å². The van der Waals surface area contributed by atoms with Crippen molar-refractivity contribution in [3.05, 3.63) is 35.1 Å². The number of benzene rings is 2. The Morgan fingerprint density at radius 2 is 1.88 bits per heavy atom. The zero-order valence-corrected chi connectivity index (χ0v) is 12.9. The third-order valence-electron chi connectivity index (χ3n) is 5.13. The van der Waals surface area contributed by atoms with Crippen LogP contribution in [0.2, 0.25) is 0 Å². The third kappa shape index (κ3) is 1.70. The first kappa shape index (κ1) is 14.4. The highest BCUT2D eigenvalue weighted by atomic mass is 16.7. The van der Waals surface area contributed by atoms with E-state index in [1.807, 2.05) is 0 Å². The zero-order valence-electron chi connectivity index (χ0n) is 12.9. The highest BCUT2D eigenvalue weighted by molar-refractivity contribution is 6.11. The Labute approximate surface area is 141 Å². The van der Waals surface area contributed by atoms with E-state index in [-0.39, 0.29) is 57.9 Å². The molecule has 0 saturated carbocycles. The Morgan fingerprint density at radius 3 is 2.68 bits per heavy atom. The Kier molecular flexibility index (Phi) is 2.64. The van der Waals surface area contributed by atoms with Gasteiger partial charge in [-0.15, -0.1) is 0 Å². The fraction of sp³-hybridized carbons (Fsp3) is 0.278. The lowest BCUT2D eigenvalue weighted by Crippen LogP contribution is -2.24. The van der Waals surface area contributed by atoms with Crippen LogP contribution >= 0.6 is 0 Å². The van der Waals surface area contributed by atoms with Crippen LogP contribution in [0.15, 0.2) is 18.4 Å². The predicted molar refractivity (Wildman–Crippen MR) is 85.0 cm³/mol. The molecule has 0 radical (unpaired) electrons. The molecule has 0 unspecified atom stereocenters. The van der Waals surface area contributed by atoms with E-state index in [4.69, 9.17) is 9.47 Å². The topological polar surface area (TPSA) is 116 Å². The lowest BCUT2D eigenvalue weighted by atomic mass is 9.84. The van der Waals surface area contributed by atoms with Crippen molar-refractivity contribution in [2.24, 2.45) is 0 Å². The number of hydrogen-bond acceptors (Lipinski definition) is 7. The van der Waals surface area contributed by atoms with Gasteiger partial charge >= 0.3 is 0 Å². The summed E-state index contributed by atoms with van der Waals surface area (Å²) in [6.07, 6.45) is 1.61. The predicted octanol–water partition coefficient (Wildman–Crippen LogP) is 1.79. The van der Waals surface area contributed by atoms with Crippen LogP contribution in [0.25, 0.3) is 10.8 Å². The van der Waals surface area contributed by atoms with Crippen LogP contribution < -0.4 is 4.74 Å². The van der Waals surface area contributed by atoms with Gasteiger partial charge in [-0.1, -0.05) is 0 Å². The number of ether oxygens (including phenoxy) is 2. The number of fused-ring (bicyclic) bond motifs is 5. The van der Waals surface area contributed by atoms with Crippen molar-refractivity contribution >= 4 is 16.6 Å². The molecule has 7 heteroatoms. The van der Waals surface area contributed by atoms with E-state index in [1.54, 1.807) is 6.08 Å². The minimum absolute atomic E-state index is 0.00397. The van der Waals surface area contributed by atoms with Gasteiger partial charge in [-0.2, -0.15) is 0 Å². The molecule has 5 rings (SSSR count). The Hall–Kier alpha value is -2.93. The van der Waals surface area contributed by atoms with E-state index >= 15 is 0 Å². The molecule has 0 amide bonds. The molecule has 3 aliphatic rings. The molecule has 3 atom stereocenters. The Balaban J connectivity index is 1.87. The molecular formula is C18H14O7. The molecule has 25 heavy (non-hydrogen) atoms. The molecule has 7 nitrogen and oxygen atoms in total. The summed E-state index contributed by atoms with van der Waals surface area (Å²) in [6.45, 7) is 0. The largest absolute Gasteiger partial charge is 0.507 e. The fourth-order valence-electron chi connectivity index (χ4n) is 4.02. The van der Waals surface area contributed by atoms with Crippen LogP contribution in [-0.4, -0.2) is 38.6 Å². The van der Waals surface area contributed by atoms with Crippen LogP contribution in [0.4, 0.5) is 0 Å². The molecule has 2 aliphatic heterocycles. The first-order chi connectivity index (χ1) is 12.0. The lowest BCUT2D eigenvalue weighted by molar-refractivity contribution is -0.00480. The second kappa shape index (κ2) is 4.58. The van der Waals surface area contributed by atoms with Gasteiger partial charge in [0.15, 0.2) is 5.78 Å². The second-order valence-electron chi connectivity index (χ2n) is 6.57. The SMILES string of the molecule is O=C1C[C@H](O)Cc2c1c(O)c1c(O)c3c(cc1c2O)O[C@H]1OC=C[C@@H]31. The van der Waals surface area contributed by atoms with Gasteiger partial charge < -0.3 is 29.9 Å². The van der Waals surface area contributed by atoms with Gasteiger partial charge in [0.2, 0.25) is 0 Å². The summed E-state index contributed by atoms with van der Waals surface area (Å²) < 4.78 is 11.0. The van der Waals surface area contributed by atoms with Crippen LogP contribution in [0.1, 0.15) is 33.8 Å². The minimum Gasteiger partial charge on any atom is -0.507 e. The van der Waals surface area contributed by atoms with Crippen molar-refractivity contribution in [1.29, 1.82) is 0 Å². The van der Waals surface area contributed by atoms with Crippen molar-refractivity contribution in [2.75, 3.05) is 0 Å². The quantitative estimate of drug-likeness (QED) is 0.539. The summed E-state index contributed by atoms with van der Waals surface area (Å²) in [5.41, 5.74) is 0.589. The molecule has 0 bridgehead atoms. The summed E-state index contributed by atoms with van der Waals surface area (Å²) in [6, 6.07) is 1.51. The zero-order chi connectivity index (χ0) is 17.5. The average molecular weight is 342 g/mol. The van der Waals surface area contributed by atoms with Gasteiger partial charge in [-0.05, 0) is 12.1 Å². The van der Waals surface area contributed by atoms with Crippen molar-refractivity contribution < 1.29 is 34.7 Å². The van der Waals surface area contributed by atoms with E-state index in [1.165, 1.54) is 12.3 Å². The number of phenolic OH excluding ortho intramolecular Hbond substituents is 3. The van der Waals surface area contributed by atoms with Gasteiger partial charge in [0.05, 0.1) is 34.8 Å². The maximum atomic E-state index is 12.3. The number of carbonyl (C=O) groups is 1. The number of carbonyl (C=O) groups excluding carboxylic acids is 1. The molecule has 0 saturated heterocycles. The number of phenols is 3. The van der Waals surface area contributed by atoms with E-state index in [2.05, 4.69) is 0 Å². The molecule has 2 aromatic rings. The number of hydrogen-bond donors (Lipinski definition) is 4. The first-order valence-corrected chi connectivity index (χ1v) is 7.93. The maximum Gasteiger partial charge on any atom is 0.250 e. The van der Waals surface area contributed by atoms with Crippen molar-refractivity contribution in [3.8, 4) is 23.0 Å². The molecule has 2 aromatic carbocycles. The van der Waals surface area contributed by atoms with E-state index in [0.717, 1.165) is 0 Å². The Morgan fingerprint density at radius 1 is 1.08 bits per heavy atom. The molecule has 1 aliphatic carbocycles. The molecule has 4 N–H and O–H groups in total. The maximum absolute atomic E-state index is 12.3. The standard InChI is InChI=1S/C18H14O7/c19-6-3-8-12(10(20)4-6)16(22)14-9(15(8)21)5-11-13(17(14)23)7-1-2-24-18(7)25-11/h1-2,5-7,18-19,21-23H,3-4H2/t6-,7+,18-/m1/s1. The smallest absolute Gasteiger partial charge is 0.250 e. The van der Waals surface area contributed by atoms with Crippen molar-refractivity contribution in [2.45, 2.75) is 31.2 Å². The minimum atomic E-state index is -0.917. The second-order valence-corrected chi connectivity index (χ2v) is 6.57. The highest BCUT2D eigenvalue weighted by Gasteiger charge is 2.41. The number of aromatic hydroxyl groups is 3. The highest BCUT2D eigenvalue weighted by Crippen LogP contribution is 2.55. The summed E-state index contributed by atoms with van der Waals surface area (Å²) in [5.74, 6) is -1.32. The summed E-state index contributed by atoms with van der Waals surface area (Å²) >= 11 is 0. The number of ketones is 1. The molecule has 0 spiro atoms.